The second-order valence-electron chi connectivity index (χ2n) is 8.47. The summed E-state index contributed by atoms with van der Waals surface area (Å²) in [6.45, 7) is 7.51. The molecule has 3 rings (SSSR count). The number of piperidine rings is 1. The molecule has 0 spiro atoms. The normalized spacial score (nSPS) is 21.8. The lowest BCUT2D eigenvalue weighted by Gasteiger charge is -2.34. The third-order valence-corrected chi connectivity index (χ3v) is 6.07. The third-order valence-electron chi connectivity index (χ3n) is 4.91. The fourth-order valence-corrected chi connectivity index (χ4v) is 4.36. The Labute approximate surface area is 171 Å². The lowest BCUT2D eigenvalue weighted by molar-refractivity contribution is -0.128. The Morgan fingerprint density at radius 2 is 1.90 bits per heavy atom. The van der Waals surface area contributed by atoms with Crippen LogP contribution in [0, 0.1) is 5.92 Å². The summed E-state index contributed by atoms with van der Waals surface area (Å²) in [4.78, 5) is 28.1. The summed E-state index contributed by atoms with van der Waals surface area (Å²) in [5, 5.41) is 2.80. The molecule has 3 heterocycles. The van der Waals surface area contributed by atoms with Gasteiger partial charge in [-0.1, -0.05) is 0 Å². The maximum atomic E-state index is 12.8. The molecule has 3 aliphatic rings. The number of amides is 2. The van der Waals surface area contributed by atoms with E-state index in [0.717, 1.165) is 12.8 Å². The second-order valence-corrected chi connectivity index (χ2v) is 10.2. The molecular formula is C19H28N4O5S. The summed E-state index contributed by atoms with van der Waals surface area (Å²) < 4.78 is 32.1. The predicted molar refractivity (Wildman–Crippen MR) is 109 cm³/mol. The Kier molecular flexibility index (Phi) is 6.02. The van der Waals surface area contributed by atoms with Crippen molar-refractivity contribution in [3.05, 3.63) is 23.9 Å². The average Bonchev–Trinajstić information content (AvgIpc) is 2.64. The van der Waals surface area contributed by atoms with Crippen LogP contribution in [0.3, 0.4) is 0 Å². The van der Waals surface area contributed by atoms with Gasteiger partial charge in [0.2, 0.25) is 0 Å². The van der Waals surface area contributed by atoms with Crippen molar-refractivity contribution in [1.29, 1.82) is 0 Å². The van der Waals surface area contributed by atoms with Crippen molar-refractivity contribution in [3.8, 4) is 0 Å². The van der Waals surface area contributed by atoms with E-state index in [1.807, 2.05) is 20.8 Å². The SMILES string of the molecule is CC(C)(C)OC(=O)NCC1CCN(C(=O)C2=CN3CCS(=O)(=O)N=C3C=C2)CC1. The Morgan fingerprint density at radius 3 is 2.55 bits per heavy atom. The van der Waals surface area contributed by atoms with Crippen LogP contribution in [0.15, 0.2) is 28.3 Å². The van der Waals surface area contributed by atoms with Gasteiger partial charge in [-0.25, -0.2) is 13.2 Å². The summed E-state index contributed by atoms with van der Waals surface area (Å²) in [7, 11) is -3.41. The van der Waals surface area contributed by atoms with E-state index in [0.29, 0.717) is 43.5 Å². The molecule has 10 heteroatoms. The molecule has 0 aliphatic carbocycles. The molecule has 29 heavy (non-hydrogen) atoms. The summed E-state index contributed by atoms with van der Waals surface area (Å²) >= 11 is 0. The Morgan fingerprint density at radius 1 is 1.21 bits per heavy atom. The van der Waals surface area contributed by atoms with Crippen LogP contribution >= 0.6 is 0 Å². The van der Waals surface area contributed by atoms with Gasteiger partial charge in [0.05, 0.1) is 11.3 Å². The van der Waals surface area contributed by atoms with E-state index in [4.69, 9.17) is 4.74 Å². The zero-order valence-corrected chi connectivity index (χ0v) is 17.9. The van der Waals surface area contributed by atoms with Crippen molar-refractivity contribution in [2.45, 2.75) is 39.2 Å². The quantitative estimate of drug-likeness (QED) is 0.730. The standard InChI is InChI=1S/C19H28N4O5S/c1-19(2,3)28-18(25)20-12-14-6-8-22(9-7-14)17(24)15-4-5-16-21-29(26,27)11-10-23(16)13-15/h4-5,13-14H,6-12H2,1-3H3,(H,20,25). The van der Waals surface area contributed by atoms with Crippen LogP contribution in [0.25, 0.3) is 0 Å². The number of carbonyl (C=O) groups is 2. The predicted octanol–water partition coefficient (Wildman–Crippen LogP) is 1.25. The van der Waals surface area contributed by atoms with Gasteiger partial charge in [0.25, 0.3) is 15.9 Å². The molecule has 160 valence electrons. The van der Waals surface area contributed by atoms with Gasteiger partial charge in [-0.05, 0) is 51.7 Å². The van der Waals surface area contributed by atoms with Gasteiger partial charge in [-0.15, -0.1) is 4.40 Å². The summed E-state index contributed by atoms with van der Waals surface area (Å²) in [5.41, 5.74) is -0.00176. The van der Waals surface area contributed by atoms with Gasteiger partial charge < -0.3 is 19.9 Å². The molecule has 0 aromatic rings. The minimum absolute atomic E-state index is 0.0572. The fraction of sp³-hybridized carbons (Fsp3) is 0.632. The topological polar surface area (TPSA) is 108 Å². The van der Waals surface area contributed by atoms with Crippen molar-refractivity contribution in [2.24, 2.45) is 10.3 Å². The van der Waals surface area contributed by atoms with Crippen LogP contribution in [0.2, 0.25) is 0 Å². The van der Waals surface area contributed by atoms with E-state index >= 15 is 0 Å². The van der Waals surface area contributed by atoms with E-state index in [-0.39, 0.29) is 11.7 Å². The minimum atomic E-state index is -3.41. The molecule has 1 N–H and O–H groups in total. The van der Waals surface area contributed by atoms with Crippen LogP contribution in [0.4, 0.5) is 4.79 Å². The first kappa shape index (κ1) is 21.4. The number of alkyl carbamates (subject to hydrolysis) is 1. The van der Waals surface area contributed by atoms with E-state index in [2.05, 4.69) is 9.71 Å². The molecule has 0 aromatic carbocycles. The maximum absolute atomic E-state index is 12.8. The highest BCUT2D eigenvalue weighted by atomic mass is 32.2. The van der Waals surface area contributed by atoms with Crippen molar-refractivity contribution in [2.75, 3.05) is 31.9 Å². The summed E-state index contributed by atoms with van der Waals surface area (Å²) in [6.07, 6.45) is 6.04. The van der Waals surface area contributed by atoms with Crippen molar-refractivity contribution < 1.29 is 22.7 Å². The molecule has 1 fully saturated rings. The number of nitrogens with one attached hydrogen (secondary N) is 1. The number of carbonyl (C=O) groups excluding carboxylic acids is 2. The van der Waals surface area contributed by atoms with E-state index in [1.54, 1.807) is 28.2 Å². The number of sulfonamides is 1. The zero-order valence-electron chi connectivity index (χ0n) is 17.1. The van der Waals surface area contributed by atoms with E-state index in [1.165, 1.54) is 0 Å². The van der Waals surface area contributed by atoms with Crippen molar-refractivity contribution in [1.82, 2.24) is 15.1 Å². The van der Waals surface area contributed by atoms with Gasteiger partial charge in [0, 0.05) is 32.4 Å². The Balaban J connectivity index is 1.49. The summed E-state index contributed by atoms with van der Waals surface area (Å²) in [6, 6.07) is 0. The number of ether oxygens (including phenoxy) is 1. The first-order valence-electron chi connectivity index (χ1n) is 9.78. The molecule has 0 saturated carbocycles. The van der Waals surface area contributed by atoms with Crippen molar-refractivity contribution in [3.63, 3.8) is 0 Å². The highest BCUT2D eigenvalue weighted by Crippen LogP contribution is 2.21. The molecule has 0 bridgehead atoms. The largest absolute Gasteiger partial charge is 0.444 e. The van der Waals surface area contributed by atoms with Gasteiger partial charge >= 0.3 is 6.09 Å². The minimum Gasteiger partial charge on any atom is -0.444 e. The van der Waals surface area contributed by atoms with Gasteiger partial charge in [0.1, 0.15) is 11.4 Å². The van der Waals surface area contributed by atoms with Crippen molar-refractivity contribution >= 4 is 27.9 Å². The van der Waals surface area contributed by atoms with Crippen LogP contribution in [-0.2, 0) is 19.6 Å². The molecule has 3 aliphatic heterocycles. The lowest BCUT2D eigenvalue weighted by Crippen LogP contribution is -2.43. The zero-order chi connectivity index (χ0) is 21.2. The molecule has 0 unspecified atom stereocenters. The van der Waals surface area contributed by atoms with Gasteiger partial charge in [0.15, 0.2) is 0 Å². The number of hydrogen-bond donors (Lipinski definition) is 1. The van der Waals surface area contributed by atoms with Crippen LogP contribution < -0.4 is 5.32 Å². The van der Waals surface area contributed by atoms with Crippen LogP contribution in [0.5, 0.6) is 0 Å². The van der Waals surface area contributed by atoms with Crippen LogP contribution in [-0.4, -0.2) is 73.6 Å². The molecule has 0 aromatic heterocycles. The highest BCUT2D eigenvalue weighted by Gasteiger charge is 2.29. The van der Waals surface area contributed by atoms with Gasteiger partial charge in [-0.3, -0.25) is 4.79 Å². The Hall–Kier alpha value is -2.36. The monoisotopic (exact) mass is 424 g/mol. The first-order valence-corrected chi connectivity index (χ1v) is 11.4. The van der Waals surface area contributed by atoms with Gasteiger partial charge in [-0.2, -0.15) is 0 Å². The van der Waals surface area contributed by atoms with E-state index in [9.17, 15) is 18.0 Å². The number of rotatable bonds is 3. The number of amidine groups is 1. The second kappa shape index (κ2) is 8.17. The smallest absolute Gasteiger partial charge is 0.407 e. The molecule has 2 amide bonds. The molecule has 1 saturated heterocycles. The number of fused-ring (bicyclic) bond motifs is 1. The highest BCUT2D eigenvalue weighted by molar-refractivity contribution is 7.90. The molecule has 9 nitrogen and oxygen atoms in total. The first-order chi connectivity index (χ1) is 13.5. The average molecular weight is 425 g/mol. The number of hydrogen-bond acceptors (Lipinski definition) is 6. The molecular weight excluding hydrogens is 396 g/mol. The van der Waals surface area contributed by atoms with Crippen LogP contribution in [0.1, 0.15) is 33.6 Å². The maximum Gasteiger partial charge on any atom is 0.407 e. The summed E-state index contributed by atoms with van der Waals surface area (Å²) in [5.74, 6) is 0.513. The number of nitrogens with zero attached hydrogens (tertiary/aromatic N) is 3. The number of likely N-dealkylation sites (tertiary alicyclic amines) is 1. The Bertz CT molecular complexity index is 862. The molecule has 0 radical (unpaired) electrons. The molecule has 0 atom stereocenters. The fourth-order valence-electron chi connectivity index (χ4n) is 3.39. The third kappa shape index (κ3) is 5.81. The lowest BCUT2D eigenvalue weighted by atomic mass is 9.96. The van der Waals surface area contributed by atoms with E-state index < -0.39 is 21.7 Å².